The molecule has 0 aliphatic rings. The molecule has 2 heterocycles. The molecule has 5 aromatic carbocycles. The summed E-state index contributed by atoms with van der Waals surface area (Å²) in [6.07, 6.45) is 1.06. The zero-order chi connectivity index (χ0) is 48.4. The Labute approximate surface area is 383 Å². The van der Waals surface area contributed by atoms with Crippen molar-refractivity contribution in [3.63, 3.8) is 0 Å². The number of aryl methyl sites for hydroxylation is 1. The number of rotatable bonds is 15. The lowest BCUT2D eigenvalue weighted by molar-refractivity contribution is -0.384. The number of fused-ring (bicyclic) bond motifs is 1. The van der Waals surface area contributed by atoms with Gasteiger partial charge in [-0.15, -0.1) is 15.0 Å². The third-order valence-corrected chi connectivity index (χ3v) is 12.9. The minimum absolute atomic E-state index is 0.00123. The number of benzene rings is 5. The molecular weight excluding hydrogens is 935 g/mol. The predicted molar refractivity (Wildman–Crippen MR) is 244 cm³/mol. The van der Waals surface area contributed by atoms with Gasteiger partial charge in [0, 0.05) is 48.5 Å². The van der Waals surface area contributed by atoms with Gasteiger partial charge in [-0.05, 0) is 103 Å². The molecule has 2 aromatic heterocycles. The van der Waals surface area contributed by atoms with E-state index in [9.17, 15) is 51.2 Å². The fourth-order valence-corrected chi connectivity index (χ4v) is 8.75. The number of carbonyl (C=O) groups is 3. The molecule has 22 nitrogen and oxygen atoms in total. The fourth-order valence-electron chi connectivity index (χ4n) is 6.31. The second-order valence-corrected chi connectivity index (χ2v) is 18.8. The summed E-state index contributed by atoms with van der Waals surface area (Å²) in [5, 5.41) is 39.2. The Bertz CT molecular complexity index is 3470. The summed E-state index contributed by atoms with van der Waals surface area (Å²) >= 11 is 0.950. The average Bonchev–Trinajstić information content (AvgIpc) is 3.83. The van der Waals surface area contributed by atoms with E-state index in [-0.39, 0.29) is 78.0 Å². The van der Waals surface area contributed by atoms with Gasteiger partial charge in [-0.2, -0.15) is 4.37 Å². The number of hydrogen-bond acceptors (Lipinski definition) is 17. The number of phenols is 1. The quantitative estimate of drug-likeness (QED) is 0.0308. The molecule has 5 N–H and O–H groups in total. The molecule has 7 rings (SSSR count). The summed E-state index contributed by atoms with van der Waals surface area (Å²) < 4.78 is 70.0. The van der Waals surface area contributed by atoms with E-state index in [2.05, 4.69) is 35.3 Å². The number of azo groups is 1. The Kier molecular flexibility index (Phi) is 13.0. The molecule has 0 unspecified atom stereocenters. The number of nitrogens with zero attached hydrogens (tertiary/aromatic N) is 5. The maximum atomic E-state index is 13.5. The van der Waals surface area contributed by atoms with E-state index < -0.39 is 59.5 Å². The highest BCUT2D eigenvalue weighted by Gasteiger charge is 2.25. The molecule has 67 heavy (non-hydrogen) atoms. The maximum Gasteiger partial charge on any atom is 0.297 e. The largest absolute Gasteiger partial charge is 0.504 e. The molecule has 0 spiro atoms. The maximum absolute atomic E-state index is 13.5. The molecule has 0 aliphatic heterocycles. The molecule has 0 fully saturated rings. The summed E-state index contributed by atoms with van der Waals surface area (Å²) in [6, 6.07) is 21.0. The second kappa shape index (κ2) is 18.7. The van der Waals surface area contributed by atoms with Crippen molar-refractivity contribution in [2.24, 2.45) is 10.2 Å². The van der Waals surface area contributed by atoms with Crippen LogP contribution in [0, 0.1) is 17.0 Å². The van der Waals surface area contributed by atoms with Crippen molar-refractivity contribution in [3.8, 4) is 17.2 Å². The Hall–Kier alpha value is -8.29. The average molecular weight is 970 g/mol. The van der Waals surface area contributed by atoms with Gasteiger partial charge in [-0.3, -0.25) is 34.0 Å². The van der Waals surface area contributed by atoms with Gasteiger partial charge in [-0.25, -0.2) is 16.8 Å². The number of anilines is 3. The van der Waals surface area contributed by atoms with Crippen molar-refractivity contribution in [3.05, 3.63) is 140 Å². The van der Waals surface area contributed by atoms with Crippen molar-refractivity contribution >= 4 is 93.5 Å². The van der Waals surface area contributed by atoms with Crippen LogP contribution in [-0.2, 0) is 31.3 Å². The number of carbonyl (C=O) groups excluding carboxylic acids is 3. The molecule has 0 atom stereocenters. The monoisotopic (exact) mass is 969 g/mol. The summed E-state index contributed by atoms with van der Waals surface area (Å²) in [6.45, 7) is 2.33. The van der Waals surface area contributed by atoms with Gasteiger partial charge < -0.3 is 30.3 Å². The number of nitrogens with one attached hydrogen (secondary N) is 4. The van der Waals surface area contributed by atoms with Crippen molar-refractivity contribution in [2.45, 2.75) is 30.2 Å². The number of ether oxygens (including phenoxy) is 1. The van der Waals surface area contributed by atoms with E-state index in [0.717, 1.165) is 34.7 Å². The SMILES string of the molecule is CNC(=O)c1ccc(-n2oc(C)c(COc3ccc(NS(=O)(=O)c4cccc(C(=O)Nc5cc(N=Nc6snc7ccc(S(C)(=O)=O)cc67)cc(NC(C)=O)c5O)c4)cc3)c2=O)c([N+](=O)[O-])c1. The number of sulfone groups is 1. The standard InChI is InChI=1S/C42H35N9O13S3/c1-22-32(42(56)50(64-22)36-15-8-25(39(54)43-3)17-37(36)51(57)58)21-63-28-11-9-26(10-12-28)49-67(61,62)30-7-5-6-24(16-30)40(55)45-35-19-27(18-34(38(35)53)44-23(2)52)46-47-41-31-20-29(66(4,59)60)13-14-33(31)48-65-41/h5-20,49,53H,21H2,1-4H3,(H,43,54)(H,44,52)(H,45,55). The van der Waals surface area contributed by atoms with Crippen LogP contribution in [0.1, 0.15) is 39.0 Å². The zero-order valence-corrected chi connectivity index (χ0v) is 37.7. The number of nitro groups is 1. The minimum atomic E-state index is -4.31. The van der Waals surface area contributed by atoms with Gasteiger partial charge in [0.2, 0.25) is 5.91 Å². The number of aromatic nitrogens is 2. The second-order valence-electron chi connectivity index (χ2n) is 14.4. The highest BCUT2D eigenvalue weighted by molar-refractivity contribution is 7.92. The number of hydrogen-bond donors (Lipinski definition) is 5. The van der Waals surface area contributed by atoms with Crippen molar-refractivity contribution in [1.29, 1.82) is 0 Å². The van der Waals surface area contributed by atoms with Gasteiger partial charge in [0.05, 0.1) is 42.9 Å². The van der Waals surface area contributed by atoms with Crippen LogP contribution >= 0.6 is 11.5 Å². The van der Waals surface area contributed by atoms with Crippen LogP contribution in [-0.4, -0.2) is 67.0 Å². The molecule has 0 bridgehead atoms. The van der Waals surface area contributed by atoms with Crippen LogP contribution in [0.3, 0.4) is 0 Å². The van der Waals surface area contributed by atoms with Gasteiger partial charge in [0.1, 0.15) is 18.1 Å². The predicted octanol–water partition coefficient (Wildman–Crippen LogP) is 6.73. The van der Waals surface area contributed by atoms with Crippen LogP contribution < -0.4 is 31.0 Å². The summed E-state index contributed by atoms with van der Waals surface area (Å²) in [5.41, 5.74) is -1.34. The fraction of sp³-hybridized carbons (Fsp3) is 0.119. The highest BCUT2D eigenvalue weighted by Crippen LogP contribution is 2.39. The summed E-state index contributed by atoms with van der Waals surface area (Å²) in [4.78, 5) is 61.7. The molecule has 0 saturated heterocycles. The minimum Gasteiger partial charge on any atom is -0.504 e. The van der Waals surface area contributed by atoms with E-state index >= 15 is 0 Å². The molecule has 0 radical (unpaired) electrons. The number of amides is 3. The van der Waals surface area contributed by atoms with Crippen LogP contribution in [0.5, 0.6) is 11.5 Å². The molecule has 3 amide bonds. The molecule has 25 heteroatoms. The van der Waals surface area contributed by atoms with Crippen LogP contribution in [0.2, 0.25) is 0 Å². The lowest BCUT2D eigenvalue weighted by Crippen LogP contribution is -2.20. The van der Waals surface area contributed by atoms with E-state index in [4.69, 9.17) is 9.26 Å². The first kappa shape index (κ1) is 46.7. The van der Waals surface area contributed by atoms with Gasteiger partial charge in [0.25, 0.3) is 33.1 Å². The lowest BCUT2D eigenvalue weighted by Gasteiger charge is -2.13. The Morgan fingerprint density at radius 2 is 1.60 bits per heavy atom. The first-order valence-corrected chi connectivity index (χ1v) is 23.4. The van der Waals surface area contributed by atoms with Crippen molar-refractivity contribution in [1.82, 2.24) is 14.4 Å². The van der Waals surface area contributed by atoms with Crippen LogP contribution in [0.4, 0.5) is 33.4 Å². The molecule has 344 valence electrons. The topological polar surface area (TPSA) is 313 Å². The molecule has 0 aliphatic carbocycles. The summed E-state index contributed by atoms with van der Waals surface area (Å²) in [7, 11) is -6.49. The number of sulfonamides is 1. The van der Waals surface area contributed by atoms with Gasteiger partial charge >= 0.3 is 0 Å². The first-order valence-electron chi connectivity index (χ1n) is 19.3. The van der Waals surface area contributed by atoms with Gasteiger partial charge in [0.15, 0.2) is 26.3 Å². The smallest absolute Gasteiger partial charge is 0.297 e. The number of aromatic hydroxyl groups is 1. The van der Waals surface area contributed by atoms with Crippen LogP contribution in [0.15, 0.2) is 126 Å². The van der Waals surface area contributed by atoms with Gasteiger partial charge in [-0.1, -0.05) is 6.07 Å². The molecule has 0 saturated carbocycles. The number of phenolic OH excluding ortho intramolecular Hbond substituents is 1. The van der Waals surface area contributed by atoms with E-state index in [0.29, 0.717) is 10.9 Å². The van der Waals surface area contributed by atoms with E-state index in [1.807, 2.05) is 0 Å². The van der Waals surface area contributed by atoms with E-state index in [1.54, 1.807) is 0 Å². The van der Waals surface area contributed by atoms with Crippen molar-refractivity contribution in [2.75, 3.05) is 28.7 Å². The van der Waals surface area contributed by atoms with Crippen LogP contribution in [0.25, 0.3) is 16.6 Å². The van der Waals surface area contributed by atoms with E-state index in [1.165, 1.54) is 106 Å². The van der Waals surface area contributed by atoms with Crippen molar-refractivity contribution < 1.29 is 50.5 Å². The third-order valence-electron chi connectivity index (χ3n) is 9.64. The molecule has 7 aromatic rings. The Morgan fingerprint density at radius 1 is 0.896 bits per heavy atom. The Morgan fingerprint density at radius 3 is 2.27 bits per heavy atom. The third kappa shape index (κ3) is 10.3. The lowest BCUT2D eigenvalue weighted by atomic mass is 10.1. The zero-order valence-electron chi connectivity index (χ0n) is 35.3. The first-order chi connectivity index (χ1) is 31.7. The normalized spacial score (nSPS) is 11.6. The number of nitro benzene ring substituents is 1. The molecular formula is C42H35N9O13S3. The summed E-state index contributed by atoms with van der Waals surface area (Å²) in [5.74, 6) is -2.21. The Balaban J connectivity index is 1.04. The highest BCUT2D eigenvalue weighted by atomic mass is 32.2.